The molecular weight excluding hydrogens is 235 g/mol. The molecule has 56 valence electrons. The van der Waals surface area contributed by atoms with Crippen LogP contribution >= 0.6 is 0 Å². The van der Waals surface area contributed by atoms with Gasteiger partial charge in [-0.05, 0) is 0 Å². The molecule has 0 unspecified atom stereocenters. The zero-order chi connectivity index (χ0) is 7.23. The van der Waals surface area contributed by atoms with E-state index in [2.05, 4.69) is 37.3 Å². The molecule has 0 aliphatic rings. The second-order valence-corrected chi connectivity index (χ2v) is 5.21. The number of alkyl halides is 1. The van der Waals surface area contributed by atoms with E-state index in [1.165, 1.54) is 10.8 Å². The third-order valence-electron chi connectivity index (χ3n) is 1.17. The Morgan fingerprint density at radius 3 is 2.50 bits per heavy atom. The summed E-state index contributed by atoms with van der Waals surface area (Å²) in [5, 5.41) is 0. The van der Waals surface area contributed by atoms with Crippen molar-refractivity contribution in [1.82, 2.24) is 0 Å². The average molecular weight is 247 g/mol. The molecule has 0 bridgehead atoms. The van der Waals surface area contributed by atoms with Gasteiger partial charge < -0.3 is 0 Å². The minimum absolute atomic E-state index is 0.327. The molecule has 0 saturated heterocycles. The number of hydrogen-bond donors (Lipinski definition) is 0. The summed E-state index contributed by atoms with van der Waals surface area (Å²) in [7, 11) is 0. The van der Waals surface area contributed by atoms with E-state index in [0.717, 1.165) is 0 Å². The monoisotopic (exact) mass is 247 g/mol. The van der Waals surface area contributed by atoms with Gasteiger partial charge in [-0.2, -0.15) is 0 Å². The Labute approximate surface area is 72.9 Å². The fourth-order valence-electron chi connectivity index (χ4n) is 0.707. The van der Waals surface area contributed by atoms with Gasteiger partial charge in [0.1, 0.15) is 0 Å². The van der Waals surface area contributed by atoms with Crippen molar-refractivity contribution in [3.05, 3.63) is 33.9 Å². The molecule has 0 spiro atoms. The molecule has 0 fully saturated rings. The van der Waals surface area contributed by atoms with E-state index in [-0.39, 0.29) is 0 Å². The number of rotatable bonds is 3. The summed E-state index contributed by atoms with van der Waals surface area (Å²) in [6.07, 6.45) is 1.34. The molecule has 0 aliphatic heterocycles. The summed E-state index contributed by atoms with van der Waals surface area (Å²) < 4.78 is 2.99. The third kappa shape index (κ3) is 2.69. The molecule has 10 heavy (non-hydrogen) atoms. The van der Waals surface area contributed by atoms with E-state index in [9.17, 15) is 0 Å². The third-order valence-corrected chi connectivity index (χ3v) is 4.39. The molecule has 0 amide bonds. The Kier molecular flexibility index (Phi) is 3.80. The van der Waals surface area contributed by atoms with E-state index in [4.69, 9.17) is 0 Å². The van der Waals surface area contributed by atoms with Gasteiger partial charge in [-0.25, -0.2) is 0 Å². The van der Waals surface area contributed by atoms with Crippen LogP contribution in [-0.4, -0.2) is 4.43 Å². The molecule has 0 nitrogen and oxygen atoms in total. The molecule has 0 heterocycles. The Hall–Kier alpha value is -0.0500. The van der Waals surface area contributed by atoms with Crippen molar-refractivity contribution in [2.45, 2.75) is 13.3 Å². The van der Waals surface area contributed by atoms with Gasteiger partial charge in [0.2, 0.25) is 0 Å². The first-order chi connectivity index (χ1) is 4.93. The van der Waals surface area contributed by atoms with Crippen LogP contribution in [0.2, 0.25) is 0 Å². The van der Waals surface area contributed by atoms with Crippen molar-refractivity contribution in [2.75, 3.05) is 4.43 Å². The van der Waals surface area contributed by atoms with Crippen LogP contribution in [0.4, 0.5) is 0 Å². The first-order valence-corrected chi connectivity index (χ1v) is 6.18. The van der Waals surface area contributed by atoms with Crippen molar-refractivity contribution >= 4 is 0 Å². The van der Waals surface area contributed by atoms with Crippen LogP contribution in [0.25, 0.3) is 0 Å². The maximum absolute atomic E-state index is 2.25. The SMILES string of the molecule is CCC[I-]c1ccccc1. The fourth-order valence-corrected chi connectivity index (χ4v) is 2.79. The predicted octanol–water partition coefficient (Wildman–Crippen LogP) is -0.645. The zero-order valence-electron chi connectivity index (χ0n) is 6.18. The van der Waals surface area contributed by atoms with Crippen molar-refractivity contribution in [2.24, 2.45) is 0 Å². The Morgan fingerprint density at radius 1 is 1.20 bits per heavy atom. The van der Waals surface area contributed by atoms with Gasteiger partial charge in [0, 0.05) is 0 Å². The minimum atomic E-state index is 0.327. The number of halogens is 1. The Morgan fingerprint density at radius 2 is 1.90 bits per heavy atom. The average Bonchev–Trinajstić information content (AvgIpc) is 2.03. The molecule has 0 atom stereocenters. The molecular formula is C9H12I-. The van der Waals surface area contributed by atoms with Crippen LogP contribution in [-0.2, 0) is 0 Å². The summed E-state index contributed by atoms with van der Waals surface area (Å²) in [5.74, 6) is 0. The quantitative estimate of drug-likeness (QED) is 0.492. The van der Waals surface area contributed by atoms with Crippen molar-refractivity contribution < 1.29 is 21.2 Å². The molecule has 0 aromatic heterocycles. The standard InChI is InChI=1S/C9H12I/c1-2-8-10-9-6-4-3-5-7-9/h3-7H,2,8H2,1H3/q-1. The molecule has 1 heteroatoms. The van der Waals surface area contributed by atoms with Crippen molar-refractivity contribution in [1.29, 1.82) is 0 Å². The van der Waals surface area contributed by atoms with Crippen molar-refractivity contribution in [3.63, 3.8) is 0 Å². The second kappa shape index (κ2) is 4.72. The summed E-state index contributed by atoms with van der Waals surface area (Å²) in [6.45, 7) is 2.25. The summed E-state index contributed by atoms with van der Waals surface area (Å²) >= 11 is 0.327. The topological polar surface area (TPSA) is 0 Å². The molecule has 0 aliphatic carbocycles. The van der Waals surface area contributed by atoms with Crippen LogP contribution in [0.5, 0.6) is 0 Å². The van der Waals surface area contributed by atoms with Gasteiger partial charge >= 0.3 is 72.9 Å². The van der Waals surface area contributed by atoms with Crippen molar-refractivity contribution in [3.8, 4) is 0 Å². The van der Waals surface area contributed by atoms with E-state index in [1.807, 2.05) is 0 Å². The van der Waals surface area contributed by atoms with E-state index < -0.39 is 0 Å². The van der Waals surface area contributed by atoms with Crippen LogP contribution < -0.4 is 21.2 Å². The van der Waals surface area contributed by atoms with Crippen LogP contribution in [0, 0.1) is 3.57 Å². The summed E-state index contributed by atoms with van der Waals surface area (Å²) in [4.78, 5) is 0. The summed E-state index contributed by atoms with van der Waals surface area (Å²) in [5.41, 5.74) is 0. The number of benzene rings is 1. The van der Waals surface area contributed by atoms with Gasteiger partial charge in [0.15, 0.2) is 0 Å². The molecule has 1 aromatic carbocycles. The van der Waals surface area contributed by atoms with E-state index in [0.29, 0.717) is 21.2 Å². The normalized spacial score (nSPS) is 10.1. The molecule has 0 radical (unpaired) electrons. The molecule has 1 rings (SSSR count). The van der Waals surface area contributed by atoms with Gasteiger partial charge in [-0.15, -0.1) is 0 Å². The zero-order valence-corrected chi connectivity index (χ0v) is 8.34. The number of hydrogen-bond acceptors (Lipinski definition) is 0. The van der Waals surface area contributed by atoms with E-state index >= 15 is 0 Å². The maximum atomic E-state index is 2.25. The van der Waals surface area contributed by atoms with Crippen LogP contribution in [0.1, 0.15) is 13.3 Å². The fraction of sp³-hybridized carbons (Fsp3) is 0.333. The molecule has 0 saturated carbocycles. The van der Waals surface area contributed by atoms with Gasteiger partial charge in [0.05, 0.1) is 0 Å². The first-order valence-electron chi connectivity index (χ1n) is 3.57. The second-order valence-electron chi connectivity index (χ2n) is 2.12. The molecule has 0 N–H and O–H groups in total. The van der Waals surface area contributed by atoms with Crippen LogP contribution in [0.15, 0.2) is 30.3 Å². The predicted molar refractivity (Wildman–Crippen MR) is 40.3 cm³/mol. The Bertz CT molecular complexity index is 169. The van der Waals surface area contributed by atoms with Gasteiger partial charge in [0.25, 0.3) is 0 Å². The Balaban J connectivity index is 2.43. The van der Waals surface area contributed by atoms with Gasteiger partial charge in [-0.1, -0.05) is 0 Å². The van der Waals surface area contributed by atoms with Gasteiger partial charge in [-0.3, -0.25) is 0 Å². The summed E-state index contributed by atoms with van der Waals surface area (Å²) in [6, 6.07) is 10.8. The first kappa shape index (κ1) is 8.05. The van der Waals surface area contributed by atoms with Crippen LogP contribution in [0.3, 0.4) is 0 Å². The molecule has 1 aromatic rings. The van der Waals surface area contributed by atoms with E-state index in [1.54, 1.807) is 3.57 Å².